The highest BCUT2D eigenvalue weighted by Gasteiger charge is 2.24. The summed E-state index contributed by atoms with van der Waals surface area (Å²) >= 11 is 0. The van der Waals surface area contributed by atoms with Gasteiger partial charge in [0, 0.05) is 52.9 Å². The molecule has 0 aromatic rings. The zero-order valence-electron chi connectivity index (χ0n) is 14.2. The number of ether oxygens (including phenoxy) is 3. The smallest absolute Gasteiger partial charge is 0.193 e. The van der Waals surface area contributed by atoms with Crippen LogP contribution in [0.5, 0.6) is 0 Å². The van der Waals surface area contributed by atoms with E-state index in [9.17, 15) is 0 Å². The lowest BCUT2D eigenvalue weighted by molar-refractivity contribution is 0.0536. The van der Waals surface area contributed by atoms with Gasteiger partial charge in [0.2, 0.25) is 0 Å². The molecular weight excluding hydrogens is 397 g/mol. The average molecular weight is 429 g/mol. The minimum absolute atomic E-state index is 0. The van der Waals surface area contributed by atoms with E-state index in [-0.39, 0.29) is 24.0 Å². The van der Waals surface area contributed by atoms with E-state index >= 15 is 0 Å². The summed E-state index contributed by atoms with van der Waals surface area (Å²) in [6.07, 6.45) is 2.12. The molecule has 1 N–H and O–H groups in total. The quantitative estimate of drug-likeness (QED) is 0.248. The normalized spacial score (nSPS) is 18.4. The van der Waals surface area contributed by atoms with Crippen molar-refractivity contribution >= 4 is 29.9 Å². The average Bonchev–Trinajstić information content (AvgIpc) is 2.96. The number of hydrogen-bond donors (Lipinski definition) is 1. The molecule has 0 spiro atoms. The SMILES string of the molecule is CCNC(=NCCCOC)N1CCC(COCCOC)C1.I. The van der Waals surface area contributed by atoms with Gasteiger partial charge in [-0.15, -0.1) is 24.0 Å². The standard InChI is InChI=1S/C15H31N3O3.HI/c1-4-16-15(17-7-5-9-19-2)18-8-6-14(12-18)13-21-11-10-20-3;/h14H,4-13H2,1-3H3,(H,16,17);1H. The summed E-state index contributed by atoms with van der Waals surface area (Å²) in [6.45, 7) is 8.79. The highest BCUT2D eigenvalue weighted by Crippen LogP contribution is 2.16. The van der Waals surface area contributed by atoms with Gasteiger partial charge in [0.15, 0.2) is 5.96 Å². The van der Waals surface area contributed by atoms with Crippen LogP contribution in [0, 0.1) is 5.92 Å². The monoisotopic (exact) mass is 429 g/mol. The lowest BCUT2D eigenvalue weighted by Gasteiger charge is -2.21. The van der Waals surface area contributed by atoms with E-state index in [1.165, 1.54) is 0 Å². The second-order valence-electron chi connectivity index (χ2n) is 5.25. The van der Waals surface area contributed by atoms with E-state index in [2.05, 4.69) is 22.1 Å². The van der Waals surface area contributed by atoms with Crippen LogP contribution < -0.4 is 5.32 Å². The van der Waals surface area contributed by atoms with E-state index in [0.29, 0.717) is 19.1 Å². The first-order valence-electron chi connectivity index (χ1n) is 7.90. The van der Waals surface area contributed by atoms with Gasteiger partial charge in [0.25, 0.3) is 0 Å². The Labute approximate surface area is 152 Å². The molecule has 6 nitrogen and oxygen atoms in total. The number of guanidine groups is 1. The van der Waals surface area contributed by atoms with Gasteiger partial charge in [-0.25, -0.2) is 0 Å². The molecule has 1 heterocycles. The first-order valence-corrected chi connectivity index (χ1v) is 7.90. The summed E-state index contributed by atoms with van der Waals surface area (Å²) in [4.78, 5) is 7.00. The van der Waals surface area contributed by atoms with Gasteiger partial charge in [-0.1, -0.05) is 0 Å². The van der Waals surface area contributed by atoms with E-state index < -0.39 is 0 Å². The van der Waals surface area contributed by atoms with Gasteiger partial charge in [0.1, 0.15) is 0 Å². The number of nitrogens with zero attached hydrogens (tertiary/aromatic N) is 2. The number of aliphatic imine (C=N–C) groups is 1. The summed E-state index contributed by atoms with van der Waals surface area (Å²) < 4.78 is 15.7. The fourth-order valence-electron chi connectivity index (χ4n) is 2.37. The van der Waals surface area contributed by atoms with Gasteiger partial charge in [0.05, 0.1) is 19.8 Å². The summed E-state index contributed by atoms with van der Waals surface area (Å²) in [5.74, 6) is 1.61. The summed E-state index contributed by atoms with van der Waals surface area (Å²) in [7, 11) is 3.42. The van der Waals surface area contributed by atoms with Crippen LogP contribution in [0.3, 0.4) is 0 Å². The maximum Gasteiger partial charge on any atom is 0.193 e. The molecule has 1 rings (SSSR count). The van der Waals surface area contributed by atoms with Crippen molar-refractivity contribution in [3.05, 3.63) is 0 Å². The van der Waals surface area contributed by atoms with E-state index in [1.807, 2.05) is 0 Å². The van der Waals surface area contributed by atoms with Crippen molar-refractivity contribution in [2.75, 3.05) is 66.8 Å². The molecule has 1 aliphatic heterocycles. The third-order valence-corrected chi connectivity index (χ3v) is 3.47. The summed E-state index contributed by atoms with van der Waals surface area (Å²) in [6, 6.07) is 0. The molecule has 0 amide bonds. The minimum atomic E-state index is 0. The summed E-state index contributed by atoms with van der Waals surface area (Å²) in [5.41, 5.74) is 0. The van der Waals surface area contributed by atoms with Gasteiger partial charge >= 0.3 is 0 Å². The van der Waals surface area contributed by atoms with Crippen LogP contribution in [0.25, 0.3) is 0 Å². The largest absolute Gasteiger partial charge is 0.385 e. The topological polar surface area (TPSA) is 55.3 Å². The number of likely N-dealkylation sites (tertiary alicyclic amines) is 1. The van der Waals surface area contributed by atoms with E-state index in [1.54, 1.807) is 14.2 Å². The van der Waals surface area contributed by atoms with Gasteiger partial charge in [-0.2, -0.15) is 0 Å². The Hall–Kier alpha value is -0.120. The third kappa shape index (κ3) is 9.12. The van der Waals surface area contributed by atoms with Gasteiger partial charge < -0.3 is 24.4 Å². The summed E-state index contributed by atoms with van der Waals surface area (Å²) in [5, 5.41) is 3.37. The van der Waals surface area contributed by atoms with Gasteiger partial charge in [-0.3, -0.25) is 4.99 Å². The molecule has 0 saturated carbocycles. The fourth-order valence-corrected chi connectivity index (χ4v) is 2.37. The number of nitrogens with one attached hydrogen (secondary N) is 1. The van der Waals surface area contributed by atoms with Crippen LogP contribution in [0.2, 0.25) is 0 Å². The minimum Gasteiger partial charge on any atom is -0.385 e. The number of rotatable bonds is 10. The predicted molar refractivity (Wildman–Crippen MR) is 100 cm³/mol. The Morgan fingerprint density at radius 2 is 2.00 bits per heavy atom. The fraction of sp³-hybridized carbons (Fsp3) is 0.933. The predicted octanol–water partition coefficient (Wildman–Crippen LogP) is 1.59. The van der Waals surface area contributed by atoms with Crippen LogP contribution in [-0.4, -0.2) is 77.7 Å². The molecule has 0 aliphatic carbocycles. The molecule has 1 saturated heterocycles. The number of methoxy groups -OCH3 is 2. The second kappa shape index (κ2) is 14.5. The molecule has 0 radical (unpaired) electrons. The van der Waals surface area contributed by atoms with Crippen molar-refractivity contribution in [3.8, 4) is 0 Å². The second-order valence-corrected chi connectivity index (χ2v) is 5.25. The molecule has 1 aliphatic rings. The third-order valence-electron chi connectivity index (χ3n) is 3.47. The molecule has 0 aromatic carbocycles. The van der Waals surface area contributed by atoms with Crippen LogP contribution in [-0.2, 0) is 14.2 Å². The van der Waals surface area contributed by atoms with Crippen LogP contribution in [0.1, 0.15) is 19.8 Å². The van der Waals surface area contributed by atoms with Crippen molar-refractivity contribution in [3.63, 3.8) is 0 Å². The Morgan fingerprint density at radius 3 is 2.68 bits per heavy atom. The maximum atomic E-state index is 5.63. The molecular formula is C15H32IN3O3. The van der Waals surface area contributed by atoms with Crippen LogP contribution in [0.15, 0.2) is 4.99 Å². The molecule has 0 bridgehead atoms. The molecule has 7 heteroatoms. The molecule has 1 unspecified atom stereocenters. The highest BCUT2D eigenvalue weighted by molar-refractivity contribution is 14.0. The Balaban J connectivity index is 0.00000441. The first-order chi connectivity index (χ1) is 10.3. The molecule has 22 heavy (non-hydrogen) atoms. The highest BCUT2D eigenvalue weighted by atomic mass is 127. The lowest BCUT2D eigenvalue weighted by Crippen LogP contribution is -2.40. The lowest BCUT2D eigenvalue weighted by atomic mass is 10.1. The van der Waals surface area contributed by atoms with E-state index in [4.69, 9.17) is 14.2 Å². The number of halogens is 1. The Bertz CT molecular complexity index is 293. The van der Waals surface area contributed by atoms with E-state index in [0.717, 1.165) is 58.2 Å². The Morgan fingerprint density at radius 1 is 1.23 bits per heavy atom. The number of hydrogen-bond acceptors (Lipinski definition) is 4. The van der Waals surface area contributed by atoms with Crippen molar-refractivity contribution in [1.29, 1.82) is 0 Å². The zero-order chi connectivity index (χ0) is 15.3. The van der Waals surface area contributed by atoms with Crippen LogP contribution in [0.4, 0.5) is 0 Å². The molecule has 132 valence electrons. The van der Waals surface area contributed by atoms with Crippen molar-refractivity contribution in [1.82, 2.24) is 10.2 Å². The molecule has 1 atom stereocenters. The van der Waals surface area contributed by atoms with Crippen molar-refractivity contribution in [2.24, 2.45) is 10.9 Å². The van der Waals surface area contributed by atoms with Crippen molar-refractivity contribution < 1.29 is 14.2 Å². The van der Waals surface area contributed by atoms with Gasteiger partial charge in [-0.05, 0) is 19.8 Å². The molecule has 0 aromatic heterocycles. The Kier molecular flexibility index (Phi) is 14.4. The van der Waals surface area contributed by atoms with Crippen molar-refractivity contribution in [2.45, 2.75) is 19.8 Å². The maximum absolute atomic E-state index is 5.63. The first kappa shape index (κ1) is 21.9. The molecule has 1 fully saturated rings. The van der Waals surface area contributed by atoms with Crippen LogP contribution >= 0.6 is 24.0 Å². The zero-order valence-corrected chi connectivity index (χ0v) is 16.5.